The number of hydrogen-bond acceptors (Lipinski definition) is 4. The third-order valence-corrected chi connectivity index (χ3v) is 4.76. The van der Waals surface area contributed by atoms with Crippen molar-refractivity contribution in [1.29, 1.82) is 0 Å². The lowest BCUT2D eigenvalue weighted by molar-refractivity contribution is -0.115. The zero-order valence-electron chi connectivity index (χ0n) is 15.5. The molecular formula is C21H18N4O3. The number of rotatable bonds is 3. The van der Waals surface area contributed by atoms with Crippen molar-refractivity contribution in [2.75, 3.05) is 5.32 Å². The molecule has 0 atom stereocenters. The van der Waals surface area contributed by atoms with Crippen molar-refractivity contribution in [1.82, 2.24) is 14.1 Å². The highest BCUT2D eigenvalue weighted by Crippen LogP contribution is 2.17. The molecule has 0 spiro atoms. The van der Waals surface area contributed by atoms with E-state index in [9.17, 15) is 14.4 Å². The number of aryl methyl sites for hydroxylation is 1. The Morgan fingerprint density at radius 3 is 2.54 bits per heavy atom. The molecule has 0 aliphatic heterocycles. The van der Waals surface area contributed by atoms with E-state index >= 15 is 0 Å². The highest BCUT2D eigenvalue weighted by Gasteiger charge is 2.12. The van der Waals surface area contributed by atoms with Gasteiger partial charge in [-0.15, -0.1) is 0 Å². The van der Waals surface area contributed by atoms with Gasteiger partial charge in [-0.1, -0.05) is 42.5 Å². The molecule has 140 valence electrons. The minimum atomic E-state index is -0.448. The van der Waals surface area contributed by atoms with E-state index in [2.05, 4.69) is 10.3 Å². The molecule has 7 nitrogen and oxygen atoms in total. The van der Waals surface area contributed by atoms with Gasteiger partial charge < -0.3 is 5.32 Å². The zero-order chi connectivity index (χ0) is 19.8. The molecule has 0 unspecified atom stereocenters. The third kappa shape index (κ3) is 3.07. The first-order valence-electron chi connectivity index (χ1n) is 8.77. The number of aromatic nitrogens is 3. The maximum absolute atomic E-state index is 12.4. The predicted octanol–water partition coefficient (Wildman–Crippen LogP) is 1.97. The number of benzene rings is 2. The summed E-state index contributed by atoms with van der Waals surface area (Å²) in [6, 6.07) is 15.4. The molecule has 0 saturated carbocycles. The molecule has 28 heavy (non-hydrogen) atoms. The molecular weight excluding hydrogens is 356 g/mol. The quantitative estimate of drug-likeness (QED) is 0.594. The minimum Gasteiger partial charge on any atom is -0.324 e. The fourth-order valence-electron chi connectivity index (χ4n) is 3.27. The van der Waals surface area contributed by atoms with E-state index < -0.39 is 11.2 Å². The van der Waals surface area contributed by atoms with Crippen LogP contribution in [0.25, 0.3) is 21.8 Å². The number of carbonyl (C=O) groups excluding carboxylic acids is 1. The molecule has 0 saturated heterocycles. The maximum atomic E-state index is 12.4. The van der Waals surface area contributed by atoms with Gasteiger partial charge in [0.2, 0.25) is 5.91 Å². The second-order valence-corrected chi connectivity index (χ2v) is 6.71. The number of nitrogens with one attached hydrogen (secondary N) is 1. The van der Waals surface area contributed by atoms with Crippen molar-refractivity contribution in [2.45, 2.75) is 6.42 Å². The monoisotopic (exact) mass is 374 g/mol. The van der Waals surface area contributed by atoms with E-state index in [0.29, 0.717) is 5.69 Å². The van der Waals surface area contributed by atoms with E-state index in [1.165, 1.54) is 17.8 Å². The Bertz CT molecular complexity index is 1350. The van der Waals surface area contributed by atoms with Gasteiger partial charge in [0.05, 0.1) is 23.7 Å². The minimum absolute atomic E-state index is 0.203. The molecule has 0 aliphatic rings. The van der Waals surface area contributed by atoms with Gasteiger partial charge in [0.1, 0.15) is 5.65 Å². The average Bonchev–Trinajstić information content (AvgIpc) is 2.70. The summed E-state index contributed by atoms with van der Waals surface area (Å²) in [7, 11) is 2.96. The second kappa shape index (κ2) is 6.77. The van der Waals surface area contributed by atoms with Crippen LogP contribution in [0.15, 0.2) is 64.3 Å². The normalized spacial score (nSPS) is 11.1. The van der Waals surface area contributed by atoms with Gasteiger partial charge in [-0.2, -0.15) is 0 Å². The van der Waals surface area contributed by atoms with E-state index in [1.807, 2.05) is 42.5 Å². The van der Waals surface area contributed by atoms with Crippen LogP contribution in [0.2, 0.25) is 0 Å². The van der Waals surface area contributed by atoms with Crippen LogP contribution in [0.5, 0.6) is 0 Å². The standard InChI is InChI=1S/C21H18N4O3/c1-24-19-17(20(27)25(2)21(24)28)11-16(12-22-19)23-18(26)10-13-7-8-14-5-3-4-6-15(14)9-13/h3-9,11-12H,10H2,1-2H3,(H,23,26). The van der Waals surface area contributed by atoms with Gasteiger partial charge >= 0.3 is 5.69 Å². The molecule has 0 aliphatic carbocycles. The molecule has 0 fully saturated rings. The summed E-state index contributed by atoms with van der Waals surface area (Å²) < 4.78 is 2.32. The number of anilines is 1. The lowest BCUT2D eigenvalue weighted by Crippen LogP contribution is -2.37. The number of amides is 1. The van der Waals surface area contributed by atoms with Gasteiger partial charge in [0.15, 0.2) is 0 Å². The zero-order valence-corrected chi connectivity index (χ0v) is 15.5. The van der Waals surface area contributed by atoms with Crippen LogP contribution in [0.1, 0.15) is 5.56 Å². The average molecular weight is 374 g/mol. The van der Waals surface area contributed by atoms with Crippen LogP contribution in [0.3, 0.4) is 0 Å². The summed E-state index contributed by atoms with van der Waals surface area (Å²) in [5.41, 5.74) is 0.687. The molecule has 7 heteroatoms. The van der Waals surface area contributed by atoms with E-state index in [0.717, 1.165) is 20.9 Å². The van der Waals surface area contributed by atoms with Gasteiger partial charge in [-0.05, 0) is 22.4 Å². The van der Waals surface area contributed by atoms with Crippen molar-refractivity contribution >= 4 is 33.4 Å². The van der Waals surface area contributed by atoms with Crippen LogP contribution in [0, 0.1) is 0 Å². The second-order valence-electron chi connectivity index (χ2n) is 6.71. The van der Waals surface area contributed by atoms with Crippen molar-refractivity contribution < 1.29 is 4.79 Å². The first-order chi connectivity index (χ1) is 13.4. The summed E-state index contributed by atoms with van der Waals surface area (Å²) in [5, 5.41) is 5.24. The summed E-state index contributed by atoms with van der Waals surface area (Å²) in [5.74, 6) is -0.210. The summed E-state index contributed by atoms with van der Waals surface area (Å²) in [4.78, 5) is 41.0. The Balaban J connectivity index is 1.61. The number of nitrogens with zero attached hydrogens (tertiary/aromatic N) is 3. The fraction of sp³-hybridized carbons (Fsp3) is 0.143. The van der Waals surface area contributed by atoms with Crippen molar-refractivity contribution in [3.05, 3.63) is 81.1 Å². The highest BCUT2D eigenvalue weighted by atomic mass is 16.2. The van der Waals surface area contributed by atoms with Gasteiger partial charge in [0, 0.05) is 14.1 Å². The Kier molecular flexibility index (Phi) is 4.27. The Morgan fingerprint density at radius 2 is 1.75 bits per heavy atom. The van der Waals surface area contributed by atoms with Gasteiger partial charge in [-0.3, -0.25) is 18.7 Å². The fourth-order valence-corrected chi connectivity index (χ4v) is 3.27. The van der Waals surface area contributed by atoms with Crippen LogP contribution < -0.4 is 16.6 Å². The Labute approximate surface area is 159 Å². The van der Waals surface area contributed by atoms with Gasteiger partial charge in [-0.25, -0.2) is 9.78 Å². The SMILES string of the molecule is Cn1c(=O)c2cc(NC(=O)Cc3ccc4ccccc4c3)cnc2n(C)c1=O. The molecule has 1 amide bonds. The summed E-state index contributed by atoms with van der Waals surface area (Å²) >= 11 is 0. The Hall–Kier alpha value is -3.74. The van der Waals surface area contributed by atoms with Crippen molar-refractivity contribution in [2.24, 2.45) is 14.1 Å². The smallest absolute Gasteiger partial charge is 0.324 e. The topological polar surface area (TPSA) is 86.0 Å². The lowest BCUT2D eigenvalue weighted by atomic mass is 10.0. The molecule has 4 rings (SSSR count). The van der Waals surface area contributed by atoms with Crippen LogP contribution >= 0.6 is 0 Å². The molecule has 0 radical (unpaired) electrons. The number of hydrogen-bond donors (Lipinski definition) is 1. The van der Waals surface area contributed by atoms with Crippen LogP contribution in [-0.2, 0) is 25.3 Å². The number of pyridine rings is 1. The maximum Gasteiger partial charge on any atom is 0.332 e. The number of fused-ring (bicyclic) bond motifs is 2. The molecule has 2 aromatic carbocycles. The summed E-state index contributed by atoms with van der Waals surface area (Å²) in [6.07, 6.45) is 1.65. The summed E-state index contributed by atoms with van der Waals surface area (Å²) in [6.45, 7) is 0. The lowest BCUT2D eigenvalue weighted by Gasteiger charge is -2.09. The van der Waals surface area contributed by atoms with E-state index in [1.54, 1.807) is 13.1 Å². The first-order valence-corrected chi connectivity index (χ1v) is 8.77. The van der Waals surface area contributed by atoms with Crippen molar-refractivity contribution in [3.8, 4) is 0 Å². The largest absolute Gasteiger partial charge is 0.332 e. The molecule has 2 aromatic heterocycles. The van der Waals surface area contributed by atoms with Crippen LogP contribution in [-0.4, -0.2) is 20.0 Å². The highest BCUT2D eigenvalue weighted by molar-refractivity contribution is 5.94. The third-order valence-electron chi connectivity index (χ3n) is 4.76. The molecule has 2 heterocycles. The first kappa shape index (κ1) is 17.7. The molecule has 4 aromatic rings. The van der Waals surface area contributed by atoms with E-state index in [-0.39, 0.29) is 23.4 Å². The predicted molar refractivity (Wildman–Crippen MR) is 109 cm³/mol. The van der Waals surface area contributed by atoms with Crippen molar-refractivity contribution in [3.63, 3.8) is 0 Å². The Morgan fingerprint density at radius 1 is 1.00 bits per heavy atom. The molecule has 1 N–H and O–H groups in total. The van der Waals surface area contributed by atoms with E-state index in [4.69, 9.17) is 0 Å². The van der Waals surface area contributed by atoms with Crippen LogP contribution in [0.4, 0.5) is 5.69 Å². The molecule has 0 bridgehead atoms. The van der Waals surface area contributed by atoms with Gasteiger partial charge in [0.25, 0.3) is 5.56 Å². The number of carbonyl (C=O) groups is 1.